The zero-order valence-electron chi connectivity index (χ0n) is 17.1. The molecule has 1 saturated carbocycles. The van der Waals surface area contributed by atoms with Crippen molar-refractivity contribution < 1.29 is 14.3 Å². The highest BCUT2D eigenvalue weighted by Gasteiger charge is 2.69. The summed E-state index contributed by atoms with van der Waals surface area (Å²) < 4.78 is 10.6. The summed E-state index contributed by atoms with van der Waals surface area (Å²) in [4.78, 5) is 13.0. The largest absolute Gasteiger partial charge is 0.496 e. The van der Waals surface area contributed by atoms with Gasteiger partial charge < -0.3 is 9.47 Å². The molecule has 3 nitrogen and oxygen atoms in total. The van der Waals surface area contributed by atoms with Crippen molar-refractivity contribution in [1.82, 2.24) is 0 Å². The lowest BCUT2D eigenvalue weighted by Crippen LogP contribution is -2.24. The van der Waals surface area contributed by atoms with E-state index in [4.69, 9.17) is 32.7 Å². The van der Waals surface area contributed by atoms with Gasteiger partial charge in [0, 0.05) is 17.5 Å². The Morgan fingerprint density at radius 2 is 1.29 bits per heavy atom. The molecule has 1 atom stereocenters. The number of halogens is 2. The van der Waals surface area contributed by atoms with E-state index in [2.05, 4.69) is 6.07 Å². The molecule has 1 aliphatic rings. The molecule has 5 heteroatoms. The van der Waals surface area contributed by atoms with Gasteiger partial charge in [-0.05, 0) is 40.6 Å². The van der Waals surface area contributed by atoms with E-state index >= 15 is 0 Å². The molecule has 5 rings (SSSR count). The third-order valence-corrected chi connectivity index (χ3v) is 7.26. The van der Waals surface area contributed by atoms with Crippen molar-refractivity contribution in [2.24, 2.45) is 5.41 Å². The normalized spacial score (nSPS) is 19.4. The van der Waals surface area contributed by atoms with E-state index in [-0.39, 0.29) is 0 Å². The minimum absolute atomic E-state index is 0.364. The van der Waals surface area contributed by atoms with E-state index in [0.29, 0.717) is 17.9 Å². The lowest BCUT2D eigenvalue weighted by atomic mass is 9.92. The van der Waals surface area contributed by atoms with Crippen molar-refractivity contribution in [2.75, 3.05) is 7.11 Å². The Labute approximate surface area is 190 Å². The third kappa shape index (κ3) is 3.15. The highest BCUT2D eigenvalue weighted by molar-refractivity contribution is 6.53. The van der Waals surface area contributed by atoms with Crippen LogP contribution >= 0.6 is 23.2 Å². The first kappa shape index (κ1) is 20.2. The Morgan fingerprint density at radius 1 is 0.806 bits per heavy atom. The molecule has 0 amide bonds. The second-order valence-corrected chi connectivity index (χ2v) is 9.61. The summed E-state index contributed by atoms with van der Waals surface area (Å²) in [6, 6.07) is 23.8. The summed E-state index contributed by atoms with van der Waals surface area (Å²) in [6.07, 6.45) is 0.364. The number of carbonyl (C=O) groups is 1. The lowest BCUT2D eigenvalue weighted by molar-refractivity contribution is -0.139. The molecule has 1 aliphatic carbocycles. The van der Waals surface area contributed by atoms with Crippen LogP contribution in [0.25, 0.3) is 32.7 Å². The molecular weight excluding hydrogens is 431 g/mol. The average molecular weight is 451 g/mol. The fourth-order valence-electron chi connectivity index (χ4n) is 4.11. The van der Waals surface area contributed by atoms with E-state index in [1.54, 1.807) is 14.0 Å². The summed E-state index contributed by atoms with van der Waals surface area (Å²) in [6.45, 7) is 1.73. The van der Waals surface area contributed by atoms with E-state index in [0.717, 1.165) is 32.7 Å². The second-order valence-electron chi connectivity index (χ2n) is 8.13. The molecule has 0 radical (unpaired) electrons. The number of carbonyl (C=O) groups excluding carboxylic acids is 1. The van der Waals surface area contributed by atoms with Gasteiger partial charge in [-0.25, -0.2) is 0 Å². The van der Waals surface area contributed by atoms with Crippen molar-refractivity contribution >= 4 is 50.7 Å². The first-order chi connectivity index (χ1) is 14.9. The van der Waals surface area contributed by atoms with Crippen LogP contribution in [-0.4, -0.2) is 17.4 Å². The molecule has 0 bridgehead atoms. The van der Waals surface area contributed by atoms with Crippen LogP contribution in [0.15, 0.2) is 72.8 Å². The zero-order chi connectivity index (χ0) is 21.8. The topological polar surface area (TPSA) is 35.5 Å². The summed E-state index contributed by atoms with van der Waals surface area (Å²) >= 11 is 12.5. The van der Waals surface area contributed by atoms with E-state index < -0.39 is 15.7 Å². The summed E-state index contributed by atoms with van der Waals surface area (Å²) in [5.74, 6) is 0.720. The van der Waals surface area contributed by atoms with Crippen LogP contribution < -0.4 is 9.47 Å². The molecule has 0 N–H and O–H groups in total. The van der Waals surface area contributed by atoms with Crippen LogP contribution in [-0.2, 0) is 4.79 Å². The lowest BCUT2D eigenvalue weighted by Gasteiger charge is -2.19. The standard InChI is InChI=1S/C26H20Cl2O3/c1-25(15-26(25,27)28)24(29)31-21-14-12-17-8-4-6-10-19(17)23(21)22-18-9-5-3-7-16(18)11-13-20(22)30-2/h3-14H,15H2,1-2H3/t25-/m0/s1. The highest BCUT2D eigenvalue weighted by atomic mass is 35.5. The molecule has 4 aromatic rings. The number of methoxy groups -OCH3 is 1. The predicted octanol–water partition coefficient (Wildman–Crippen LogP) is 7.16. The highest BCUT2D eigenvalue weighted by Crippen LogP contribution is 2.64. The summed E-state index contributed by atoms with van der Waals surface area (Å²) in [7, 11) is 1.64. The summed E-state index contributed by atoms with van der Waals surface area (Å²) in [5, 5.41) is 4.08. The van der Waals surface area contributed by atoms with Crippen molar-refractivity contribution in [3.8, 4) is 22.6 Å². The molecule has 0 heterocycles. The third-order valence-electron chi connectivity index (χ3n) is 6.16. The van der Waals surface area contributed by atoms with Gasteiger partial charge in [0.2, 0.25) is 0 Å². The first-order valence-corrected chi connectivity index (χ1v) is 10.8. The Bertz CT molecular complexity index is 1350. The van der Waals surface area contributed by atoms with Crippen LogP contribution in [0.3, 0.4) is 0 Å². The maximum absolute atomic E-state index is 13.0. The van der Waals surface area contributed by atoms with Crippen LogP contribution in [0, 0.1) is 5.41 Å². The number of benzene rings is 4. The number of alkyl halides is 2. The van der Waals surface area contributed by atoms with Crippen LogP contribution in [0.5, 0.6) is 11.5 Å². The van der Waals surface area contributed by atoms with Gasteiger partial charge in [0.1, 0.15) is 21.2 Å². The minimum Gasteiger partial charge on any atom is -0.496 e. The van der Waals surface area contributed by atoms with Gasteiger partial charge in [-0.2, -0.15) is 0 Å². The van der Waals surface area contributed by atoms with Crippen molar-refractivity contribution in [1.29, 1.82) is 0 Å². The molecule has 0 spiro atoms. The van der Waals surface area contributed by atoms with E-state index in [1.807, 2.05) is 66.7 Å². The molecular formula is C26H20Cl2O3. The Hall–Kier alpha value is -2.75. The number of hydrogen-bond acceptors (Lipinski definition) is 3. The van der Waals surface area contributed by atoms with Gasteiger partial charge in [0.15, 0.2) is 0 Å². The van der Waals surface area contributed by atoms with Gasteiger partial charge in [-0.3, -0.25) is 4.79 Å². The number of fused-ring (bicyclic) bond motifs is 2. The Kier molecular flexibility index (Phi) is 4.65. The quantitative estimate of drug-likeness (QED) is 0.188. The molecule has 1 fully saturated rings. The summed E-state index contributed by atoms with van der Waals surface area (Å²) in [5.41, 5.74) is 0.755. The fraction of sp³-hybridized carbons (Fsp3) is 0.192. The minimum atomic E-state index is -1.10. The SMILES string of the molecule is COc1ccc2ccccc2c1-c1c(OC(=O)[C@]2(C)CC2(Cl)Cl)ccc2ccccc12. The van der Waals surface area contributed by atoms with Gasteiger partial charge in [-0.15, -0.1) is 23.2 Å². The van der Waals surface area contributed by atoms with Gasteiger partial charge in [0.05, 0.1) is 7.11 Å². The van der Waals surface area contributed by atoms with Crippen molar-refractivity contribution in [3.63, 3.8) is 0 Å². The van der Waals surface area contributed by atoms with Crippen molar-refractivity contribution in [2.45, 2.75) is 17.7 Å². The number of rotatable bonds is 4. The zero-order valence-corrected chi connectivity index (χ0v) is 18.6. The molecule has 4 aromatic carbocycles. The average Bonchev–Trinajstić information content (AvgIpc) is 3.31. The molecule has 0 aromatic heterocycles. The smallest absolute Gasteiger partial charge is 0.320 e. The monoisotopic (exact) mass is 450 g/mol. The Balaban J connectivity index is 1.78. The molecule has 156 valence electrons. The predicted molar refractivity (Wildman–Crippen MR) is 126 cm³/mol. The molecule has 0 unspecified atom stereocenters. The molecule has 0 saturated heterocycles. The van der Waals surface area contributed by atoms with Crippen LogP contribution in [0.1, 0.15) is 13.3 Å². The molecule has 0 aliphatic heterocycles. The number of hydrogen-bond donors (Lipinski definition) is 0. The fourth-order valence-corrected chi connectivity index (χ4v) is 4.80. The second kappa shape index (κ2) is 7.15. The first-order valence-electron chi connectivity index (χ1n) is 10.0. The molecule has 31 heavy (non-hydrogen) atoms. The van der Waals surface area contributed by atoms with Gasteiger partial charge in [-0.1, -0.05) is 60.7 Å². The van der Waals surface area contributed by atoms with Crippen molar-refractivity contribution in [3.05, 3.63) is 72.8 Å². The number of esters is 1. The van der Waals surface area contributed by atoms with Crippen LogP contribution in [0.2, 0.25) is 0 Å². The van der Waals surface area contributed by atoms with E-state index in [9.17, 15) is 4.79 Å². The van der Waals surface area contributed by atoms with E-state index in [1.165, 1.54) is 0 Å². The van der Waals surface area contributed by atoms with Crippen LogP contribution in [0.4, 0.5) is 0 Å². The maximum Gasteiger partial charge on any atom is 0.320 e. The van der Waals surface area contributed by atoms with Gasteiger partial charge >= 0.3 is 5.97 Å². The van der Waals surface area contributed by atoms with Gasteiger partial charge in [0.25, 0.3) is 0 Å². The maximum atomic E-state index is 13.0. The number of ether oxygens (including phenoxy) is 2. The Morgan fingerprint density at radius 3 is 1.81 bits per heavy atom.